The normalized spacial score (nSPS) is 11.1. The van der Waals surface area contributed by atoms with E-state index in [-0.39, 0.29) is 0 Å². The van der Waals surface area contributed by atoms with Crippen molar-refractivity contribution in [3.8, 4) is 0 Å². The van der Waals surface area contributed by atoms with Crippen LogP contribution in [0, 0.1) is 0 Å². The van der Waals surface area contributed by atoms with Gasteiger partial charge in [-0.1, -0.05) is 109 Å². The maximum Gasteiger partial charge on any atom is 0.0490 e. The smallest absolute Gasteiger partial charge is 0.0490 e. The Bertz CT molecular complexity index is 1250. The zero-order valence-corrected chi connectivity index (χ0v) is 19.1. The molecule has 0 aromatic heterocycles. The molecule has 5 aromatic carbocycles. The van der Waals surface area contributed by atoms with Crippen molar-refractivity contribution < 1.29 is 0 Å². The number of hydrogen-bond donors (Lipinski definition) is 0. The summed E-state index contributed by atoms with van der Waals surface area (Å²) >= 11 is 0. The largest absolute Gasteiger partial charge is 0.341 e. The first-order chi connectivity index (χ1) is 15.8. The van der Waals surface area contributed by atoms with Gasteiger partial charge in [0.25, 0.3) is 0 Å². The molecule has 0 saturated heterocycles. The summed E-state index contributed by atoms with van der Waals surface area (Å²) in [5.41, 5.74) is 2.48. The van der Waals surface area contributed by atoms with Crippen molar-refractivity contribution in [2.24, 2.45) is 0 Å². The quantitative estimate of drug-likeness (QED) is 0.269. The SMILES string of the molecule is CCN(c1ccc(P(c2ccccc2)c2ccccc2)cc1)c1cccc2ccccc12. The van der Waals surface area contributed by atoms with Crippen molar-refractivity contribution in [2.45, 2.75) is 6.92 Å². The molecule has 5 rings (SSSR count). The molecule has 0 atom stereocenters. The van der Waals surface area contributed by atoms with E-state index in [2.05, 4.69) is 139 Å². The molecule has 0 aliphatic heterocycles. The second-order valence-corrected chi connectivity index (χ2v) is 9.99. The molecule has 32 heavy (non-hydrogen) atoms. The minimum absolute atomic E-state index is 0.583. The van der Waals surface area contributed by atoms with Gasteiger partial charge in [-0.2, -0.15) is 0 Å². The molecule has 0 bridgehead atoms. The van der Waals surface area contributed by atoms with Gasteiger partial charge in [0.05, 0.1) is 0 Å². The second kappa shape index (κ2) is 9.39. The van der Waals surface area contributed by atoms with E-state index in [1.54, 1.807) is 0 Å². The molecular weight excluding hydrogens is 405 g/mol. The summed E-state index contributed by atoms with van der Waals surface area (Å²) in [6.45, 7) is 3.13. The third-order valence-electron chi connectivity index (χ3n) is 5.82. The number of hydrogen-bond acceptors (Lipinski definition) is 1. The zero-order valence-electron chi connectivity index (χ0n) is 18.2. The monoisotopic (exact) mass is 431 g/mol. The van der Waals surface area contributed by atoms with Crippen LogP contribution in [-0.2, 0) is 0 Å². The average Bonchev–Trinajstić information content (AvgIpc) is 2.87. The number of fused-ring (bicyclic) bond motifs is 1. The first kappa shape index (κ1) is 20.5. The van der Waals surface area contributed by atoms with E-state index in [1.165, 1.54) is 38.1 Å². The van der Waals surface area contributed by atoms with Gasteiger partial charge in [0.15, 0.2) is 0 Å². The van der Waals surface area contributed by atoms with E-state index in [4.69, 9.17) is 0 Å². The summed E-state index contributed by atoms with van der Waals surface area (Å²) in [6.07, 6.45) is 0. The highest BCUT2D eigenvalue weighted by atomic mass is 31.1. The molecule has 0 heterocycles. The maximum atomic E-state index is 2.40. The summed E-state index contributed by atoms with van der Waals surface area (Å²) in [6, 6.07) is 46.1. The molecule has 0 N–H and O–H groups in total. The van der Waals surface area contributed by atoms with Crippen molar-refractivity contribution in [3.63, 3.8) is 0 Å². The lowest BCUT2D eigenvalue weighted by molar-refractivity contribution is 1.03. The summed E-state index contributed by atoms with van der Waals surface area (Å²) in [7, 11) is -0.583. The molecule has 156 valence electrons. The van der Waals surface area contributed by atoms with E-state index >= 15 is 0 Å². The van der Waals surface area contributed by atoms with E-state index in [9.17, 15) is 0 Å². The highest BCUT2D eigenvalue weighted by Gasteiger charge is 2.17. The van der Waals surface area contributed by atoms with E-state index < -0.39 is 7.92 Å². The molecule has 0 fully saturated rings. The van der Waals surface area contributed by atoms with Crippen LogP contribution in [0.2, 0.25) is 0 Å². The van der Waals surface area contributed by atoms with Crippen LogP contribution in [-0.4, -0.2) is 6.54 Å². The molecule has 0 aliphatic rings. The molecule has 5 aromatic rings. The summed E-state index contributed by atoms with van der Waals surface area (Å²) in [5.74, 6) is 0. The summed E-state index contributed by atoms with van der Waals surface area (Å²) in [5, 5.41) is 6.69. The summed E-state index contributed by atoms with van der Waals surface area (Å²) in [4.78, 5) is 2.40. The number of nitrogens with zero attached hydrogens (tertiary/aromatic N) is 1. The first-order valence-corrected chi connectivity index (χ1v) is 12.4. The lowest BCUT2D eigenvalue weighted by atomic mass is 10.1. The molecule has 0 unspecified atom stereocenters. The van der Waals surface area contributed by atoms with Crippen LogP contribution in [0.3, 0.4) is 0 Å². The van der Waals surface area contributed by atoms with Crippen LogP contribution in [0.5, 0.6) is 0 Å². The van der Waals surface area contributed by atoms with Gasteiger partial charge in [-0.25, -0.2) is 0 Å². The van der Waals surface area contributed by atoms with Crippen molar-refractivity contribution in [2.75, 3.05) is 11.4 Å². The van der Waals surface area contributed by atoms with E-state index in [1.807, 2.05) is 0 Å². The van der Waals surface area contributed by atoms with Gasteiger partial charge in [0, 0.05) is 23.3 Å². The van der Waals surface area contributed by atoms with Crippen LogP contribution >= 0.6 is 7.92 Å². The van der Waals surface area contributed by atoms with Gasteiger partial charge in [-0.15, -0.1) is 0 Å². The highest BCUT2D eigenvalue weighted by molar-refractivity contribution is 7.79. The van der Waals surface area contributed by atoms with Crippen molar-refractivity contribution in [1.29, 1.82) is 0 Å². The van der Waals surface area contributed by atoms with Gasteiger partial charge in [0.2, 0.25) is 0 Å². The number of benzene rings is 5. The van der Waals surface area contributed by atoms with Crippen LogP contribution in [0.1, 0.15) is 6.92 Å². The minimum atomic E-state index is -0.583. The second-order valence-electron chi connectivity index (χ2n) is 7.77. The third-order valence-corrected chi connectivity index (χ3v) is 8.27. The fourth-order valence-corrected chi connectivity index (χ4v) is 6.60. The Morgan fingerprint density at radius 1 is 0.531 bits per heavy atom. The first-order valence-electron chi connectivity index (χ1n) is 11.1. The van der Waals surface area contributed by atoms with Crippen molar-refractivity contribution >= 4 is 46.0 Å². The molecule has 0 amide bonds. The Kier molecular flexibility index (Phi) is 6.01. The molecule has 2 heteroatoms. The predicted molar refractivity (Wildman–Crippen MR) is 142 cm³/mol. The van der Waals surface area contributed by atoms with Crippen LogP contribution in [0.15, 0.2) is 127 Å². The van der Waals surface area contributed by atoms with Gasteiger partial charge < -0.3 is 4.90 Å². The Labute approximate surface area is 191 Å². The lowest BCUT2D eigenvalue weighted by Gasteiger charge is -2.26. The Morgan fingerprint density at radius 2 is 1.06 bits per heavy atom. The van der Waals surface area contributed by atoms with Crippen LogP contribution < -0.4 is 20.8 Å². The average molecular weight is 432 g/mol. The summed E-state index contributed by atoms with van der Waals surface area (Å²) < 4.78 is 0. The number of rotatable bonds is 6. The topological polar surface area (TPSA) is 3.24 Å². The molecule has 0 saturated carbocycles. The number of anilines is 2. The van der Waals surface area contributed by atoms with Crippen molar-refractivity contribution in [3.05, 3.63) is 127 Å². The molecule has 0 radical (unpaired) electrons. The lowest BCUT2D eigenvalue weighted by Crippen LogP contribution is -2.21. The van der Waals surface area contributed by atoms with Gasteiger partial charge >= 0.3 is 0 Å². The van der Waals surface area contributed by atoms with Gasteiger partial charge in [0.1, 0.15) is 0 Å². The minimum Gasteiger partial charge on any atom is -0.341 e. The van der Waals surface area contributed by atoms with Crippen molar-refractivity contribution in [1.82, 2.24) is 0 Å². The molecule has 1 nitrogen and oxygen atoms in total. The standard InChI is InChI=1S/C30H26NP/c1-2-31(30-19-11-13-24-12-9-10-18-29(24)30)25-20-22-28(23-21-25)32(26-14-5-3-6-15-26)27-16-7-4-8-17-27/h3-23H,2H2,1H3. The Balaban J connectivity index is 1.54. The van der Waals surface area contributed by atoms with Crippen LogP contribution in [0.25, 0.3) is 10.8 Å². The van der Waals surface area contributed by atoms with E-state index in [0.29, 0.717) is 0 Å². The van der Waals surface area contributed by atoms with Crippen LogP contribution in [0.4, 0.5) is 11.4 Å². The molecule has 0 aliphatic carbocycles. The third kappa shape index (κ3) is 4.05. The van der Waals surface area contributed by atoms with Gasteiger partial charge in [-0.3, -0.25) is 0 Å². The predicted octanol–water partition coefficient (Wildman–Crippen LogP) is 6.76. The van der Waals surface area contributed by atoms with Gasteiger partial charge in [-0.05, 0) is 54.3 Å². The zero-order chi connectivity index (χ0) is 21.8. The fourth-order valence-electron chi connectivity index (χ4n) is 4.32. The molecular formula is C30H26NP. The maximum absolute atomic E-state index is 2.40. The molecule has 0 spiro atoms. The highest BCUT2D eigenvalue weighted by Crippen LogP contribution is 2.35. The fraction of sp³-hybridized carbons (Fsp3) is 0.0667. The Hall–Kier alpha value is -3.41. The van der Waals surface area contributed by atoms with E-state index in [0.717, 1.165) is 6.54 Å². The Morgan fingerprint density at radius 3 is 1.69 bits per heavy atom.